The van der Waals surface area contributed by atoms with E-state index in [0.717, 1.165) is 43.8 Å². The molecule has 12 nitrogen and oxygen atoms in total. The fraction of sp³-hybridized carbons (Fsp3) is 0.0625. The third kappa shape index (κ3) is 7.02. The normalized spacial score (nSPS) is 11.3. The van der Waals surface area contributed by atoms with E-state index in [0.29, 0.717) is 68.5 Å². The lowest BCUT2D eigenvalue weighted by molar-refractivity contribution is -0.137. The maximum atomic E-state index is 11.6. The minimum absolute atomic E-state index is 0. The number of nitrogens with zero attached hydrogens (tertiary/aromatic N) is 6. The number of hydrogen-bond donors (Lipinski definition) is 3. The van der Waals surface area contributed by atoms with Crippen LogP contribution >= 0.6 is 0 Å². The van der Waals surface area contributed by atoms with Crippen LogP contribution in [0.2, 0.25) is 0 Å². The third-order valence-corrected chi connectivity index (χ3v) is 10.6. The molecule has 9 aromatic rings. The number of benzene rings is 6. The van der Waals surface area contributed by atoms with Crippen molar-refractivity contribution in [2.75, 3.05) is 14.2 Å². The Morgan fingerprint density at radius 1 is 0.459 bits per heavy atom. The average molecular weight is 815 g/mol. The predicted molar refractivity (Wildman–Crippen MR) is 237 cm³/mol. The van der Waals surface area contributed by atoms with Gasteiger partial charge in [0, 0.05) is 54.8 Å². The van der Waals surface area contributed by atoms with Crippen molar-refractivity contribution in [3.63, 3.8) is 0 Å². The van der Waals surface area contributed by atoms with E-state index in [4.69, 9.17) is 39.4 Å². The number of aliphatic carboxylic acids is 1. The number of ether oxygens (including phenoxy) is 2. The number of carboxylic acids is 1. The molecule has 0 saturated carbocycles. The van der Waals surface area contributed by atoms with E-state index in [-0.39, 0.29) is 11.0 Å². The number of fused-ring (bicyclic) bond motifs is 20. The smallest absolute Gasteiger partial charge is 0.315 e. The summed E-state index contributed by atoms with van der Waals surface area (Å²) >= 11 is 0. The number of aromatic nitrogens is 8. The van der Waals surface area contributed by atoms with Crippen molar-refractivity contribution >= 4 is 61.1 Å². The lowest BCUT2D eigenvalue weighted by Crippen LogP contribution is -2.13. The lowest BCUT2D eigenvalue weighted by atomic mass is 9.91. The van der Waals surface area contributed by atoms with Gasteiger partial charge in [-0.15, -0.1) is 0 Å². The first-order chi connectivity index (χ1) is 29.4. The molecule has 5 heterocycles. The van der Waals surface area contributed by atoms with Crippen molar-refractivity contribution in [1.82, 2.24) is 39.9 Å². The number of methoxy groups -OCH3 is 2. The number of H-pyrrole nitrogens is 2. The maximum absolute atomic E-state index is 11.6. The van der Waals surface area contributed by atoms with Crippen LogP contribution in [0, 0.1) is 0 Å². The molecule has 61 heavy (non-hydrogen) atoms. The lowest BCUT2D eigenvalue weighted by Gasteiger charge is -2.15. The van der Waals surface area contributed by atoms with Crippen LogP contribution < -0.4 is 9.47 Å². The van der Waals surface area contributed by atoms with E-state index in [1.54, 1.807) is 62.8 Å². The summed E-state index contributed by atoms with van der Waals surface area (Å²) < 4.78 is 10.3. The minimum atomic E-state index is -0.911. The molecule has 0 atom stereocenters. The molecule has 11 rings (SSSR count). The number of aromatic amines is 2. The van der Waals surface area contributed by atoms with E-state index >= 15 is 0 Å². The monoisotopic (exact) mass is 814 g/mol. The Morgan fingerprint density at radius 3 is 1.07 bits per heavy atom. The van der Waals surface area contributed by atoms with E-state index in [1.165, 1.54) is 0 Å². The summed E-state index contributed by atoms with van der Waals surface area (Å²) in [5, 5.41) is 13.3. The van der Waals surface area contributed by atoms with Gasteiger partial charge in [-0.2, -0.15) is 0 Å². The zero-order chi connectivity index (χ0) is 40.7. The van der Waals surface area contributed by atoms with Gasteiger partial charge in [0.2, 0.25) is 0 Å². The second-order valence-electron chi connectivity index (χ2n) is 14.1. The first kappa shape index (κ1) is 38.5. The molecule has 0 fully saturated rings. The molecule has 8 bridgehead atoms. The molecule has 13 heteroatoms. The van der Waals surface area contributed by atoms with E-state index in [2.05, 4.69) is 9.97 Å². The molecule has 2 aliphatic rings. The maximum Gasteiger partial charge on any atom is 0.315 e. The summed E-state index contributed by atoms with van der Waals surface area (Å²) in [6.45, 7) is 0. The Morgan fingerprint density at radius 2 is 0.770 bits per heavy atom. The van der Waals surface area contributed by atoms with Gasteiger partial charge in [0.25, 0.3) is 0 Å². The number of carboxylic acid groups (broad SMARTS) is 1. The molecule has 294 valence electrons. The zero-order valence-corrected chi connectivity index (χ0v) is 33.8. The van der Waals surface area contributed by atoms with Crippen molar-refractivity contribution < 1.29 is 19.4 Å². The molecular formula is C48H34N8O4Si. The standard InChI is InChI=1S/C32H18N8.C16H16O4.Si/c1-2-10-18-17(9-1)25-33-26(18)38-28-21-13-5-6-14-22(21)30(35-28)40-32-24-16-8-7-15-23(24)31(36-32)39-29-20-12-4-3-11-19(20)27(34-29)37-25;1-19-13-7-3-5-11(9-13)15(16(17)18)12-6-4-8-14(10-12)20-2;/h1-16H,(H2,33,34,35,36,37,38,39,40);3-10,15H,1-2H3,(H,17,18);. The zero-order valence-electron chi connectivity index (χ0n) is 32.8. The number of nitrogens with one attached hydrogen (secondary N) is 2. The van der Waals surface area contributed by atoms with Crippen LogP contribution in [0.25, 0.3) is 89.7 Å². The molecule has 0 unspecified atom stereocenters. The van der Waals surface area contributed by atoms with Crippen LogP contribution in [0.3, 0.4) is 0 Å². The quantitative estimate of drug-likeness (QED) is 0.143. The fourth-order valence-corrected chi connectivity index (χ4v) is 7.71. The molecule has 4 radical (unpaired) electrons. The van der Waals surface area contributed by atoms with Crippen molar-refractivity contribution in [3.05, 3.63) is 157 Å². The molecule has 3 N–H and O–H groups in total. The minimum Gasteiger partial charge on any atom is -0.497 e. The highest BCUT2D eigenvalue weighted by molar-refractivity contribution is 6.06. The highest BCUT2D eigenvalue weighted by atomic mass is 28.1. The first-order valence-electron chi connectivity index (χ1n) is 19.2. The molecule has 0 aliphatic carbocycles. The van der Waals surface area contributed by atoms with E-state index in [1.807, 2.05) is 97.1 Å². The van der Waals surface area contributed by atoms with Crippen LogP contribution in [0.5, 0.6) is 11.5 Å². The predicted octanol–water partition coefficient (Wildman–Crippen LogP) is 9.41. The third-order valence-electron chi connectivity index (χ3n) is 10.6. The number of rotatable bonds is 5. The highest BCUT2D eigenvalue weighted by Gasteiger charge is 2.24. The summed E-state index contributed by atoms with van der Waals surface area (Å²) in [6.07, 6.45) is 0. The Balaban J connectivity index is 0.000000193. The Hall–Kier alpha value is -8.03. The Labute approximate surface area is 353 Å². The van der Waals surface area contributed by atoms with Gasteiger partial charge in [-0.05, 0) is 35.4 Å². The van der Waals surface area contributed by atoms with Gasteiger partial charge in [0.05, 0.1) is 14.2 Å². The summed E-state index contributed by atoms with van der Waals surface area (Å²) in [6, 6.07) is 46.4. The molecule has 0 amide bonds. The molecular weight excluding hydrogens is 781 g/mol. The van der Waals surface area contributed by atoms with Gasteiger partial charge in [-0.3, -0.25) is 4.79 Å². The second kappa shape index (κ2) is 16.0. The Bertz CT molecular complexity index is 2960. The topological polar surface area (TPSA) is 165 Å². The van der Waals surface area contributed by atoms with Crippen LogP contribution in [0.4, 0.5) is 0 Å². The van der Waals surface area contributed by atoms with Gasteiger partial charge in [0.1, 0.15) is 40.0 Å². The van der Waals surface area contributed by atoms with Crippen LogP contribution in [0.15, 0.2) is 146 Å². The molecule has 6 aromatic carbocycles. The highest BCUT2D eigenvalue weighted by Crippen LogP contribution is 2.37. The molecule has 3 aromatic heterocycles. The SMILES string of the molecule is COc1cccc(C(C(=O)O)c2cccc(OC)c2)c1.[Si].c1ccc2c(c1)-c1nc-2nc2[nH]c(nc3nc(nc4[nH]c(n1)c1ccccc41)-c1ccccc1-3)c1ccccc21. The largest absolute Gasteiger partial charge is 0.497 e. The molecule has 2 aliphatic heterocycles. The van der Waals surface area contributed by atoms with Crippen molar-refractivity contribution in [2.45, 2.75) is 5.92 Å². The van der Waals surface area contributed by atoms with Gasteiger partial charge in [0.15, 0.2) is 23.3 Å². The summed E-state index contributed by atoms with van der Waals surface area (Å²) in [5.41, 5.74) is 7.79. The van der Waals surface area contributed by atoms with Crippen LogP contribution in [0.1, 0.15) is 17.0 Å². The summed E-state index contributed by atoms with van der Waals surface area (Å²) in [7, 11) is 3.11. The summed E-state index contributed by atoms with van der Waals surface area (Å²) in [4.78, 5) is 48.4. The van der Waals surface area contributed by atoms with E-state index < -0.39 is 11.9 Å². The van der Waals surface area contributed by atoms with E-state index in [9.17, 15) is 9.90 Å². The van der Waals surface area contributed by atoms with Crippen molar-refractivity contribution in [2.24, 2.45) is 0 Å². The summed E-state index contributed by atoms with van der Waals surface area (Å²) in [5.74, 6) is 2.00. The van der Waals surface area contributed by atoms with Gasteiger partial charge in [-0.1, -0.05) is 121 Å². The van der Waals surface area contributed by atoms with Gasteiger partial charge >= 0.3 is 5.97 Å². The number of carbonyl (C=O) groups is 1. The molecule has 0 spiro atoms. The fourth-order valence-electron chi connectivity index (χ4n) is 7.71. The van der Waals surface area contributed by atoms with Gasteiger partial charge in [-0.25, -0.2) is 29.9 Å². The average Bonchev–Trinajstić information content (AvgIpc) is 4.03. The number of hydrogen-bond acceptors (Lipinski definition) is 9. The second-order valence-corrected chi connectivity index (χ2v) is 14.1. The van der Waals surface area contributed by atoms with Crippen LogP contribution in [-0.2, 0) is 4.79 Å². The molecule has 0 saturated heterocycles. The van der Waals surface area contributed by atoms with Crippen molar-refractivity contribution in [1.29, 1.82) is 0 Å². The van der Waals surface area contributed by atoms with Crippen LogP contribution in [-0.4, -0.2) is 76.1 Å². The Kier molecular flexibility index (Phi) is 10.1. The van der Waals surface area contributed by atoms with Crippen molar-refractivity contribution in [3.8, 4) is 57.1 Å². The van der Waals surface area contributed by atoms with Gasteiger partial charge < -0.3 is 24.5 Å². The first-order valence-corrected chi connectivity index (χ1v) is 19.2.